The van der Waals surface area contributed by atoms with Crippen molar-refractivity contribution < 1.29 is 14.3 Å². The molecule has 0 saturated heterocycles. The number of carbonyl (C=O) groups is 1. The standard InChI is InChI=1S/C26H28N2O3/c1-20(2)16-17-30-24-14-10-23(11-15-24)26(29)28-27-18-21-8-12-25(13-9-21)31-19-22-6-4-3-5-7-22/h3-15,18,20H,16-17,19H2,1-2H3,(H,28,29)/b27-18+. The molecule has 0 heterocycles. The summed E-state index contributed by atoms with van der Waals surface area (Å²) in [7, 11) is 0. The number of hydrogen-bond acceptors (Lipinski definition) is 4. The molecule has 1 N–H and O–H groups in total. The fraction of sp³-hybridized carbons (Fsp3) is 0.231. The molecule has 0 fully saturated rings. The Morgan fingerprint density at radius 2 is 1.55 bits per heavy atom. The second-order valence-corrected chi connectivity index (χ2v) is 7.60. The van der Waals surface area contributed by atoms with Gasteiger partial charge in [-0.15, -0.1) is 0 Å². The zero-order valence-corrected chi connectivity index (χ0v) is 18.0. The van der Waals surface area contributed by atoms with Crippen LogP contribution in [-0.4, -0.2) is 18.7 Å². The highest BCUT2D eigenvalue weighted by atomic mass is 16.5. The normalized spacial score (nSPS) is 10.9. The molecule has 3 aromatic rings. The van der Waals surface area contributed by atoms with Gasteiger partial charge in [-0.2, -0.15) is 5.10 Å². The summed E-state index contributed by atoms with van der Waals surface area (Å²) >= 11 is 0. The third-order valence-corrected chi connectivity index (χ3v) is 4.59. The van der Waals surface area contributed by atoms with Crippen molar-refractivity contribution >= 4 is 12.1 Å². The van der Waals surface area contributed by atoms with Crippen molar-refractivity contribution in [3.8, 4) is 11.5 Å². The van der Waals surface area contributed by atoms with Gasteiger partial charge in [0.15, 0.2) is 0 Å². The van der Waals surface area contributed by atoms with Crippen LogP contribution in [0.4, 0.5) is 0 Å². The maximum absolute atomic E-state index is 12.2. The van der Waals surface area contributed by atoms with Gasteiger partial charge in [-0.05, 0) is 72.0 Å². The van der Waals surface area contributed by atoms with Crippen LogP contribution in [0.15, 0.2) is 84.0 Å². The first-order valence-corrected chi connectivity index (χ1v) is 10.4. The van der Waals surface area contributed by atoms with E-state index in [1.54, 1.807) is 30.5 Å². The third kappa shape index (κ3) is 7.63. The molecule has 0 bridgehead atoms. The van der Waals surface area contributed by atoms with Gasteiger partial charge in [0, 0.05) is 5.56 Å². The number of hydrogen-bond donors (Lipinski definition) is 1. The van der Waals surface area contributed by atoms with Gasteiger partial charge in [0.1, 0.15) is 18.1 Å². The first-order chi connectivity index (χ1) is 15.1. The zero-order chi connectivity index (χ0) is 21.9. The molecule has 3 rings (SSSR count). The molecular formula is C26H28N2O3. The monoisotopic (exact) mass is 416 g/mol. The number of carbonyl (C=O) groups excluding carboxylic acids is 1. The summed E-state index contributed by atoms with van der Waals surface area (Å²) in [6.07, 6.45) is 2.60. The lowest BCUT2D eigenvalue weighted by Gasteiger charge is -2.08. The minimum atomic E-state index is -0.271. The fourth-order valence-corrected chi connectivity index (χ4v) is 2.74. The fourth-order valence-electron chi connectivity index (χ4n) is 2.74. The molecule has 0 aromatic heterocycles. The molecule has 5 heteroatoms. The van der Waals surface area contributed by atoms with Crippen LogP contribution in [0.25, 0.3) is 0 Å². The quantitative estimate of drug-likeness (QED) is 0.353. The molecule has 5 nitrogen and oxygen atoms in total. The Bertz CT molecular complexity index is 966. The highest BCUT2D eigenvalue weighted by Crippen LogP contribution is 2.14. The van der Waals surface area contributed by atoms with E-state index in [2.05, 4.69) is 24.4 Å². The van der Waals surface area contributed by atoms with E-state index in [1.807, 2.05) is 54.6 Å². The number of rotatable bonds is 10. The average Bonchev–Trinajstić information content (AvgIpc) is 2.79. The molecule has 3 aromatic carbocycles. The maximum atomic E-state index is 12.2. The first kappa shape index (κ1) is 22.1. The summed E-state index contributed by atoms with van der Waals surface area (Å²) in [6, 6.07) is 24.6. The Morgan fingerprint density at radius 3 is 2.23 bits per heavy atom. The smallest absolute Gasteiger partial charge is 0.271 e. The van der Waals surface area contributed by atoms with Crippen LogP contribution < -0.4 is 14.9 Å². The van der Waals surface area contributed by atoms with Gasteiger partial charge in [0.05, 0.1) is 12.8 Å². The minimum Gasteiger partial charge on any atom is -0.494 e. The average molecular weight is 417 g/mol. The van der Waals surface area contributed by atoms with Gasteiger partial charge < -0.3 is 9.47 Å². The molecule has 0 atom stereocenters. The Labute approximate surface area is 183 Å². The van der Waals surface area contributed by atoms with E-state index in [-0.39, 0.29) is 5.91 Å². The van der Waals surface area contributed by atoms with Crippen LogP contribution in [0.3, 0.4) is 0 Å². The summed E-state index contributed by atoms with van der Waals surface area (Å²) in [4.78, 5) is 12.2. The van der Waals surface area contributed by atoms with Crippen molar-refractivity contribution in [2.75, 3.05) is 6.61 Å². The van der Waals surface area contributed by atoms with E-state index in [1.165, 1.54) is 0 Å². The van der Waals surface area contributed by atoms with Crippen LogP contribution in [0.2, 0.25) is 0 Å². The van der Waals surface area contributed by atoms with E-state index in [9.17, 15) is 4.79 Å². The summed E-state index contributed by atoms with van der Waals surface area (Å²) < 4.78 is 11.4. The van der Waals surface area contributed by atoms with Gasteiger partial charge in [0.25, 0.3) is 5.91 Å². The third-order valence-electron chi connectivity index (χ3n) is 4.59. The van der Waals surface area contributed by atoms with Crippen LogP contribution in [-0.2, 0) is 6.61 Å². The van der Waals surface area contributed by atoms with Gasteiger partial charge in [-0.25, -0.2) is 5.43 Å². The molecule has 0 aliphatic heterocycles. The Hall–Kier alpha value is -3.60. The summed E-state index contributed by atoms with van der Waals surface area (Å²) in [5, 5.41) is 4.04. The van der Waals surface area contributed by atoms with E-state index in [0.29, 0.717) is 24.7 Å². The lowest BCUT2D eigenvalue weighted by molar-refractivity contribution is 0.0955. The number of benzene rings is 3. The van der Waals surface area contributed by atoms with Gasteiger partial charge in [-0.1, -0.05) is 44.2 Å². The van der Waals surface area contributed by atoms with Crippen LogP contribution in [0.1, 0.15) is 41.8 Å². The topological polar surface area (TPSA) is 59.9 Å². The molecule has 0 aliphatic carbocycles. The van der Waals surface area contributed by atoms with E-state index in [0.717, 1.165) is 29.0 Å². The highest BCUT2D eigenvalue weighted by molar-refractivity contribution is 5.95. The lowest BCUT2D eigenvalue weighted by Crippen LogP contribution is -2.17. The molecule has 0 radical (unpaired) electrons. The Morgan fingerprint density at radius 1 is 0.903 bits per heavy atom. The van der Waals surface area contributed by atoms with Gasteiger partial charge >= 0.3 is 0 Å². The van der Waals surface area contributed by atoms with Crippen molar-refractivity contribution in [3.63, 3.8) is 0 Å². The van der Waals surface area contributed by atoms with Crippen LogP contribution in [0, 0.1) is 5.92 Å². The van der Waals surface area contributed by atoms with Crippen molar-refractivity contribution in [3.05, 3.63) is 95.6 Å². The molecule has 0 spiro atoms. The Balaban J connectivity index is 1.44. The summed E-state index contributed by atoms with van der Waals surface area (Å²) in [5.41, 5.74) is 5.05. The largest absolute Gasteiger partial charge is 0.494 e. The lowest BCUT2D eigenvalue weighted by atomic mass is 10.1. The van der Waals surface area contributed by atoms with Crippen molar-refractivity contribution in [1.82, 2.24) is 5.43 Å². The maximum Gasteiger partial charge on any atom is 0.271 e. The van der Waals surface area contributed by atoms with E-state index >= 15 is 0 Å². The molecule has 1 amide bonds. The second kappa shape index (κ2) is 11.6. The molecule has 160 valence electrons. The summed E-state index contributed by atoms with van der Waals surface area (Å²) in [5.74, 6) is 1.87. The molecule has 0 aliphatic rings. The number of nitrogens with one attached hydrogen (secondary N) is 1. The first-order valence-electron chi connectivity index (χ1n) is 10.4. The number of hydrazone groups is 1. The predicted molar refractivity (Wildman–Crippen MR) is 124 cm³/mol. The van der Waals surface area contributed by atoms with Crippen LogP contribution >= 0.6 is 0 Å². The SMILES string of the molecule is CC(C)CCOc1ccc(C(=O)N/N=C/c2ccc(OCc3ccccc3)cc2)cc1. The van der Waals surface area contributed by atoms with E-state index < -0.39 is 0 Å². The molecular weight excluding hydrogens is 388 g/mol. The van der Waals surface area contributed by atoms with Crippen LogP contribution in [0.5, 0.6) is 11.5 Å². The second-order valence-electron chi connectivity index (χ2n) is 7.60. The highest BCUT2D eigenvalue weighted by Gasteiger charge is 2.05. The minimum absolute atomic E-state index is 0.271. The van der Waals surface area contributed by atoms with E-state index in [4.69, 9.17) is 9.47 Å². The molecule has 0 saturated carbocycles. The number of ether oxygens (including phenoxy) is 2. The van der Waals surface area contributed by atoms with Crippen molar-refractivity contribution in [2.24, 2.45) is 11.0 Å². The van der Waals surface area contributed by atoms with Gasteiger partial charge in [-0.3, -0.25) is 4.79 Å². The van der Waals surface area contributed by atoms with Crippen molar-refractivity contribution in [1.29, 1.82) is 0 Å². The zero-order valence-electron chi connectivity index (χ0n) is 18.0. The molecule has 0 unspecified atom stereocenters. The Kier molecular flexibility index (Phi) is 8.23. The molecule has 31 heavy (non-hydrogen) atoms. The summed E-state index contributed by atoms with van der Waals surface area (Å²) in [6.45, 7) is 5.51. The number of amides is 1. The van der Waals surface area contributed by atoms with Crippen molar-refractivity contribution in [2.45, 2.75) is 26.9 Å². The predicted octanol–water partition coefficient (Wildman–Crippen LogP) is 5.45. The number of nitrogens with zero attached hydrogens (tertiary/aromatic N) is 1. The van der Waals surface area contributed by atoms with Gasteiger partial charge in [0.2, 0.25) is 0 Å².